The van der Waals surface area contributed by atoms with Gasteiger partial charge in [0.15, 0.2) is 0 Å². The zero-order valence-electron chi connectivity index (χ0n) is 15.2. The summed E-state index contributed by atoms with van der Waals surface area (Å²) in [6.07, 6.45) is -0.238. The first-order chi connectivity index (χ1) is 11.1. The Morgan fingerprint density at radius 2 is 2.04 bits per heavy atom. The predicted octanol–water partition coefficient (Wildman–Crippen LogP) is 3.67. The first-order valence-corrected chi connectivity index (χ1v) is 8.71. The van der Waals surface area contributed by atoms with Crippen LogP contribution in [0.5, 0.6) is 0 Å². The molecule has 5 nitrogen and oxygen atoms in total. The molecule has 1 atom stereocenters. The lowest BCUT2D eigenvalue weighted by molar-refractivity contribution is 0.000543. The molecular formula is C18H28ClN3O2. The second kappa shape index (κ2) is 7.19. The fraction of sp³-hybridized carbons (Fsp3) is 0.611. The van der Waals surface area contributed by atoms with Gasteiger partial charge in [0.2, 0.25) is 0 Å². The molecule has 0 radical (unpaired) electrons. The molecule has 0 bridgehead atoms. The summed E-state index contributed by atoms with van der Waals surface area (Å²) in [5.41, 5.74) is 8.46. The fourth-order valence-electron chi connectivity index (χ4n) is 2.93. The van der Waals surface area contributed by atoms with Crippen molar-refractivity contribution < 1.29 is 9.53 Å². The predicted molar refractivity (Wildman–Crippen MR) is 98.3 cm³/mol. The van der Waals surface area contributed by atoms with Gasteiger partial charge in [-0.3, -0.25) is 4.90 Å². The molecule has 1 saturated heterocycles. The third-order valence-corrected chi connectivity index (χ3v) is 4.47. The number of piperazine rings is 1. The highest BCUT2D eigenvalue weighted by Gasteiger charge is 2.30. The summed E-state index contributed by atoms with van der Waals surface area (Å²) in [7, 11) is 0. The number of nitrogen functional groups attached to an aromatic ring is 1. The minimum Gasteiger partial charge on any atom is -0.444 e. The molecule has 1 aliphatic heterocycles. The smallest absolute Gasteiger partial charge is 0.410 e. The van der Waals surface area contributed by atoms with Crippen LogP contribution in [-0.2, 0) is 11.3 Å². The number of rotatable bonds is 2. The number of nitrogens with zero attached hydrogens (tertiary/aromatic N) is 2. The van der Waals surface area contributed by atoms with Gasteiger partial charge in [0.05, 0.1) is 0 Å². The molecular weight excluding hydrogens is 326 g/mol. The lowest BCUT2D eigenvalue weighted by Gasteiger charge is -2.40. The number of nitrogens with two attached hydrogens (primary N) is 1. The summed E-state index contributed by atoms with van der Waals surface area (Å²) < 4.78 is 5.49. The summed E-state index contributed by atoms with van der Waals surface area (Å²) >= 11 is 6.13. The Labute approximate surface area is 149 Å². The van der Waals surface area contributed by atoms with Crippen molar-refractivity contribution in [3.8, 4) is 0 Å². The molecule has 1 aliphatic rings. The molecule has 2 N–H and O–H groups in total. The first-order valence-electron chi connectivity index (χ1n) is 8.33. The Kier molecular flexibility index (Phi) is 5.66. The topological polar surface area (TPSA) is 58.8 Å². The van der Waals surface area contributed by atoms with Gasteiger partial charge in [-0.25, -0.2) is 4.79 Å². The summed E-state index contributed by atoms with van der Waals surface area (Å²) in [4.78, 5) is 16.4. The molecule has 0 saturated carbocycles. The van der Waals surface area contributed by atoms with Crippen LogP contribution >= 0.6 is 11.6 Å². The SMILES string of the molecule is Cc1c(N)cc(Cl)cc1CN1CCN(C(=O)OC(C)(C)C)C(C)C1. The van der Waals surface area contributed by atoms with E-state index in [-0.39, 0.29) is 12.1 Å². The Bertz CT molecular complexity index is 613. The molecule has 24 heavy (non-hydrogen) atoms. The van der Waals surface area contributed by atoms with Gasteiger partial charge in [0.25, 0.3) is 0 Å². The Morgan fingerprint density at radius 1 is 1.38 bits per heavy atom. The second-order valence-electron chi connectivity index (χ2n) is 7.54. The van der Waals surface area contributed by atoms with Crippen molar-refractivity contribution in [3.63, 3.8) is 0 Å². The van der Waals surface area contributed by atoms with Crippen LogP contribution in [0.4, 0.5) is 10.5 Å². The molecule has 1 unspecified atom stereocenters. The highest BCUT2D eigenvalue weighted by atomic mass is 35.5. The molecule has 0 spiro atoms. The number of ether oxygens (including phenoxy) is 1. The maximum atomic E-state index is 12.3. The van der Waals surface area contributed by atoms with Crippen LogP contribution in [0.25, 0.3) is 0 Å². The van der Waals surface area contributed by atoms with Crippen LogP contribution in [0.1, 0.15) is 38.8 Å². The van der Waals surface area contributed by atoms with Crippen molar-refractivity contribution in [2.24, 2.45) is 0 Å². The number of anilines is 1. The van der Waals surface area contributed by atoms with E-state index in [4.69, 9.17) is 22.1 Å². The van der Waals surface area contributed by atoms with Gasteiger partial charge in [-0.15, -0.1) is 0 Å². The minimum absolute atomic E-state index is 0.102. The highest BCUT2D eigenvalue weighted by molar-refractivity contribution is 6.31. The van der Waals surface area contributed by atoms with Crippen molar-refractivity contribution in [2.45, 2.75) is 52.8 Å². The van der Waals surface area contributed by atoms with Gasteiger partial charge in [0, 0.05) is 42.9 Å². The first kappa shape index (κ1) is 18.9. The lowest BCUT2D eigenvalue weighted by Crippen LogP contribution is -2.54. The second-order valence-corrected chi connectivity index (χ2v) is 7.97. The van der Waals surface area contributed by atoms with Crippen molar-refractivity contribution >= 4 is 23.4 Å². The van der Waals surface area contributed by atoms with E-state index in [1.54, 1.807) is 11.0 Å². The number of amides is 1. The van der Waals surface area contributed by atoms with E-state index in [0.717, 1.165) is 36.4 Å². The molecule has 1 heterocycles. The van der Waals surface area contributed by atoms with Crippen molar-refractivity contribution in [1.29, 1.82) is 0 Å². The summed E-state index contributed by atoms with van der Waals surface area (Å²) in [6.45, 7) is 12.8. The summed E-state index contributed by atoms with van der Waals surface area (Å²) in [6, 6.07) is 3.85. The fourth-order valence-corrected chi connectivity index (χ4v) is 3.18. The Hall–Kier alpha value is -1.46. The molecule has 0 aromatic heterocycles. The van der Waals surface area contributed by atoms with Gasteiger partial charge < -0.3 is 15.4 Å². The van der Waals surface area contributed by atoms with E-state index < -0.39 is 5.60 Å². The van der Waals surface area contributed by atoms with Crippen LogP contribution in [0.15, 0.2) is 12.1 Å². The molecule has 1 aromatic rings. The molecule has 6 heteroatoms. The molecule has 1 fully saturated rings. The number of halogens is 1. The molecule has 2 rings (SSSR count). The van der Waals surface area contributed by atoms with Crippen LogP contribution in [-0.4, -0.2) is 47.2 Å². The molecule has 1 aromatic carbocycles. The van der Waals surface area contributed by atoms with Crippen molar-refractivity contribution in [2.75, 3.05) is 25.4 Å². The van der Waals surface area contributed by atoms with E-state index in [9.17, 15) is 4.79 Å². The van der Waals surface area contributed by atoms with E-state index in [1.165, 1.54) is 0 Å². The summed E-state index contributed by atoms with van der Waals surface area (Å²) in [5.74, 6) is 0. The van der Waals surface area contributed by atoms with E-state index in [2.05, 4.69) is 11.8 Å². The Morgan fingerprint density at radius 3 is 2.62 bits per heavy atom. The highest BCUT2D eigenvalue weighted by Crippen LogP contribution is 2.25. The van der Waals surface area contributed by atoms with Crippen LogP contribution in [0.2, 0.25) is 5.02 Å². The normalized spacial score (nSPS) is 19.4. The van der Waals surface area contributed by atoms with Gasteiger partial charge in [-0.05, 0) is 57.9 Å². The lowest BCUT2D eigenvalue weighted by atomic mass is 10.1. The molecule has 0 aliphatic carbocycles. The van der Waals surface area contributed by atoms with Gasteiger partial charge in [-0.1, -0.05) is 11.6 Å². The minimum atomic E-state index is -0.469. The zero-order chi connectivity index (χ0) is 18.1. The van der Waals surface area contributed by atoms with E-state index in [0.29, 0.717) is 11.6 Å². The van der Waals surface area contributed by atoms with Crippen LogP contribution < -0.4 is 5.73 Å². The maximum Gasteiger partial charge on any atom is 0.410 e. The average Bonchev–Trinajstić information content (AvgIpc) is 2.42. The van der Waals surface area contributed by atoms with Gasteiger partial charge >= 0.3 is 6.09 Å². The van der Waals surface area contributed by atoms with Gasteiger partial charge in [0.1, 0.15) is 5.60 Å². The zero-order valence-corrected chi connectivity index (χ0v) is 16.0. The third-order valence-electron chi connectivity index (χ3n) is 4.25. The number of benzene rings is 1. The maximum absolute atomic E-state index is 12.3. The van der Waals surface area contributed by atoms with Crippen LogP contribution in [0.3, 0.4) is 0 Å². The molecule has 134 valence electrons. The number of hydrogen-bond acceptors (Lipinski definition) is 4. The number of carbonyl (C=O) groups is 1. The quantitative estimate of drug-likeness (QED) is 0.824. The molecule has 1 amide bonds. The standard InChI is InChI=1S/C18H28ClN3O2/c1-12-10-21(6-7-22(12)17(23)24-18(3,4)5)11-14-8-15(19)9-16(20)13(14)2/h8-9,12H,6-7,10-11,20H2,1-5H3. The monoisotopic (exact) mass is 353 g/mol. The largest absolute Gasteiger partial charge is 0.444 e. The van der Waals surface area contributed by atoms with Crippen molar-refractivity contribution in [1.82, 2.24) is 9.80 Å². The van der Waals surface area contributed by atoms with E-state index >= 15 is 0 Å². The van der Waals surface area contributed by atoms with Crippen LogP contribution in [0, 0.1) is 6.92 Å². The third kappa shape index (κ3) is 4.77. The Balaban J connectivity index is 2.00. The van der Waals surface area contributed by atoms with E-state index in [1.807, 2.05) is 33.8 Å². The average molecular weight is 354 g/mol. The van der Waals surface area contributed by atoms with Crippen molar-refractivity contribution in [3.05, 3.63) is 28.3 Å². The number of hydrogen-bond donors (Lipinski definition) is 1. The summed E-state index contributed by atoms with van der Waals surface area (Å²) in [5, 5.41) is 0.661. The number of carbonyl (C=O) groups excluding carboxylic acids is 1. The van der Waals surface area contributed by atoms with Gasteiger partial charge in [-0.2, -0.15) is 0 Å².